The van der Waals surface area contributed by atoms with E-state index in [4.69, 9.17) is 0 Å². The first kappa shape index (κ1) is 10.4. The molecule has 0 fully saturated rings. The standard InChI is InChI=1S/C12H13N3O/c1-9-13-12(8-15(9)14-10(2)16)11-6-4-3-5-7-11/h3-8H,1-2H3,(H,14,16). The van der Waals surface area contributed by atoms with Gasteiger partial charge in [-0.05, 0) is 6.92 Å². The normalized spacial score (nSPS) is 10.1. The number of amides is 1. The molecule has 1 N–H and O–H groups in total. The van der Waals surface area contributed by atoms with E-state index in [2.05, 4.69) is 10.4 Å². The molecular weight excluding hydrogens is 202 g/mol. The minimum absolute atomic E-state index is 0.111. The van der Waals surface area contributed by atoms with Crippen LogP contribution in [-0.2, 0) is 4.79 Å². The number of rotatable bonds is 2. The van der Waals surface area contributed by atoms with Gasteiger partial charge >= 0.3 is 0 Å². The van der Waals surface area contributed by atoms with Gasteiger partial charge in [0.15, 0.2) is 0 Å². The Morgan fingerprint density at radius 3 is 2.62 bits per heavy atom. The van der Waals surface area contributed by atoms with E-state index >= 15 is 0 Å². The maximum Gasteiger partial charge on any atom is 0.235 e. The van der Waals surface area contributed by atoms with E-state index in [1.165, 1.54) is 6.92 Å². The Balaban J connectivity index is 2.34. The second-order valence-electron chi connectivity index (χ2n) is 3.58. The summed E-state index contributed by atoms with van der Waals surface area (Å²) in [4.78, 5) is 15.3. The first-order chi connectivity index (χ1) is 7.66. The molecule has 1 aromatic carbocycles. The summed E-state index contributed by atoms with van der Waals surface area (Å²) < 4.78 is 1.63. The quantitative estimate of drug-likeness (QED) is 0.832. The Labute approximate surface area is 93.9 Å². The summed E-state index contributed by atoms with van der Waals surface area (Å²) >= 11 is 0. The molecule has 4 heteroatoms. The Morgan fingerprint density at radius 1 is 1.31 bits per heavy atom. The third kappa shape index (κ3) is 2.11. The molecule has 0 unspecified atom stereocenters. The molecule has 2 rings (SSSR count). The summed E-state index contributed by atoms with van der Waals surface area (Å²) in [7, 11) is 0. The van der Waals surface area contributed by atoms with Crippen LogP contribution in [0, 0.1) is 6.92 Å². The van der Waals surface area contributed by atoms with Crippen LogP contribution in [0.1, 0.15) is 12.7 Å². The minimum atomic E-state index is -0.111. The molecule has 0 saturated carbocycles. The fourth-order valence-electron chi connectivity index (χ4n) is 1.50. The molecule has 0 aliphatic rings. The highest BCUT2D eigenvalue weighted by atomic mass is 16.2. The van der Waals surface area contributed by atoms with Crippen LogP contribution in [0.3, 0.4) is 0 Å². The van der Waals surface area contributed by atoms with Gasteiger partial charge in [-0.25, -0.2) is 9.66 Å². The smallest absolute Gasteiger partial charge is 0.235 e. The Bertz CT molecular complexity index is 502. The van der Waals surface area contributed by atoms with E-state index in [0.717, 1.165) is 17.1 Å². The van der Waals surface area contributed by atoms with E-state index in [1.54, 1.807) is 4.68 Å². The molecule has 0 bridgehead atoms. The lowest BCUT2D eigenvalue weighted by molar-refractivity contribution is -0.115. The van der Waals surface area contributed by atoms with Crippen molar-refractivity contribution in [3.63, 3.8) is 0 Å². The van der Waals surface area contributed by atoms with Crippen LogP contribution in [0.4, 0.5) is 0 Å². The van der Waals surface area contributed by atoms with Crippen molar-refractivity contribution in [2.75, 3.05) is 5.43 Å². The first-order valence-electron chi connectivity index (χ1n) is 5.06. The number of aryl methyl sites for hydroxylation is 1. The predicted octanol–water partition coefficient (Wildman–Crippen LogP) is 1.95. The van der Waals surface area contributed by atoms with Crippen LogP contribution in [0.15, 0.2) is 36.5 Å². The second-order valence-corrected chi connectivity index (χ2v) is 3.58. The number of carbonyl (C=O) groups is 1. The Kier molecular flexibility index (Phi) is 2.72. The maximum atomic E-state index is 11.0. The highest BCUT2D eigenvalue weighted by Gasteiger charge is 2.06. The molecule has 1 heterocycles. The molecule has 0 saturated heterocycles. The van der Waals surface area contributed by atoms with E-state index in [-0.39, 0.29) is 5.91 Å². The third-order valence-electron chi connectivity index (χ3n) is 2.23. The number of aromatic nitrogens is 2. The van der Waals surface area contributed by atoms with E-state index in [1.807, 2.05) is 43.5 Å². The average Bonchev–Trinajstić information content (AvgIpc) is 2.61. The summed E-state index contributed by atoms with van der Waals surface area (Å²) in [5.41, 5.74) is 4.57. The minimum Gasteiger partial charge on any atom is -0.274 e. The van der Waals surface area contributed by atoms with Crippen LogP contribution in [0.25, 0.3) is 11.3 Å². The number of carbonyl (C=O) groups excluding carboxylic acids is 1. The molecule has 1 aromatic heterocycles. The van der Waals surface area contributed by atoms with Crippen LogP contribution in [-0.4, -0.2) is 15.6 Å². The van der Waals surface area contributed by atoms with Gasteiger partial charge in [-0.15, -0.1) is 0 Å². The molecule has 0 aliphatic carbocycles. The molecule has 0 atom stereocenters. The third-order valence-corrected chi connectivity index (χ3v) is 2.23. The summed E-state index contributed by atoms with van der Waals surface area (Å²) in [5, 5.41) is 0. The highest BCUT2D eigenvalue weighted by Crippen LogP contribution is 2.17. The van der Waals surface area contributed by atoms with Crippen molar-refractivity contribution in [1.82, 2.24) is 9.66 Å². The monoisotopic (exact) mass is 215 g/mol. The van der Waals surface area contributed by atoms with Gasteiger partial charge in [0.2, 0.25) is 5.91 Å². The molecule has 16 heavy (non-hydrogen) atoms. The average molecular weight is 215 g/mol. The van der Waals surface area contributed by atoms with E-state index in [0.29, 0.717) is 0 Å². The highest BCUT2D eigenvalue weighted by molar-refractivity contribution is 5.81. The maximum absolute atomic E-state index is 11.0. The molecule has 1 amide bonds. The second kappa shape index (κ2) is 4.18. The molecule has 0 radical (unpaired) electrons. The zero-order valence-electron chi connectivity index (χ0n) is 9.27. The van der Waals surface area contributed by atoms with Gasteiger partial charge in [0.05, 0.1) is 11.9 Å². The number of imidazole rings is 1. The van der Waals surface area contributed by atoms with Gasteiger partial charge in [0.1, 0.15) is 5.82 Å². The largest absolute Gasteiger partial charge is 0.274 e. The lowest BCUT2D eigenvalue weighted by Gasteiger charge is -2.02. The molecular formula is C12H13N3O. The van der Waals surface area contributed by atoms with Crippen LogP contribution >= 0.6 is 0 Å². The van der Waals surface area contributed by atoms with E-state index < -0.39 is 0 Å². The van der Waals surface area contributed by atoms with Crippen molar-refractivity contribution in [2.24, 2.45) is 0 Å². The Morgan fingerprint density at radius 2 is 2.00 bits per heavy atom. The van der Waals surface area contributed by atoms with Gasteiger partial charge in [-0.2, -0.15) is 0 Å². The van der Waals surface area contributed by atoms with E-state index in [9.17, 15) is 4.79 Å². The first-order valence-corrected chi connectivity index (χ1v) is 5.06. The van der Waals surface area contributed by atoms with Gasteiger partial charge in [0, 0.05) is 12.5 Å². The summed E-state index contributed by atoms with van der Waals surface area (Å²) in [6.45, 7) is 3.32. The van der Waals surface area contributed by atoms with Gasteiger partial charge in [-0.1, -0.05) is 30.3 Å². The topological polar surface area (TPSA) is 46.9 Å². The summed E-state index contributed by atoms with van der Waals surface area (Å²) in [5.74, 6) is 0.647. The zero-order valence-corrected chi connectivity index (χ0v) is 9.27. The molecule has 4 nitrogen and oxygen atoms in total. The van der Waals surface area contributed by atoms with Crippen molar-refractivity contribution in [3.8, 4) is 11.3 Å². The van der Waals surface area contributed by atoms with Crippen LogP contribution in [0.2, 0.25) is 0 Å². The number of nitrogens with one attached hydrogen (secondary N) is 1. The van der Waals surface area contributed by atoms with Crippen molar-refractivity contribution in [3.05, 3.63) is 42.4 Å². The number of nitrogens with zero attached hydrogens (tertiary/aromatic N) is 2. The SMILES string of the molecule is CC(=O)Nn1cc(-c2ccccc2)nc1C. The van der Waals surface area contributed by atoms with Crippen molar-refractivity contribution >= 4 is 5.91 Å². The fraction of sp³-hybridized carbons (Fsp3) is 0.167. The summed E-state index contributed by atoms with van der Waals surface area (Å²) in [6.07, 6.45) is 1.81. The van der Waals surface area contributed by atoms with Crippen LogP contribution in [0.5, 0.6) is 0 Å². The van der Waals surface area contributed by atoms with Crippen molar-refractivity contribution in [1.29, 1.82) is 0 Å². The predicted molar refractivity (Wildman–Crippen MR) is 62.4 cm³/mol. The molecule has 2 aromatic rings. The summed E-state index contributed by atoms with van der Waals surface area (Å²) in [6, 6.07) is 9.85. The molecule has 0 spiro atoms. The van der Waals surface area contributed by atoms with Crippen molar-refractivity contribution < 1.29 is 4.79 Å². The van der Waals surface area contributed by atoms with Gasteiger partial charge in [-0.3, -0.25) is 10.2 Å². The molecule has 82 valence electrons. The van der Waals surface area contributed by atoms with Gasteiger partial charge in [0.25, 0.3) is 0 Å². The zero-order chi connectivity index (χ0) is 11.5. The lowest BCUT2D eigenvalue weighted by Crippen LogP contribution is -2.19. The number of hydrogen-bond donors (Lipinski definition) is 1. The number of benzene rings is 1. The van der Waals surface area contributed by atoms with Crippen LogP contribution < -0.4 is 5.43 Å². The number of hydrogen-bond acceptors (Lipinski definition) is 2. The van der Waals surface area contributed by atoms with Gasteiger partial charge < -0.3 is 0 Å². The van der Waals surface area contributed by atoms with Crippen molar-refractivity contribution in [2.45, 2.75) is 13.8 Å². The fourth-order valence-corrected chi connectivity index (χ4v) is 1.50. The lowest BCUT2D eigenvalue weighted by atomic mass is 10.2. The molecule has 0 aliphatic heterocycles. The Hall–Kier alpha value is -2.10.